The molecule has 1 amide bonds. The van der Waals surface area contributed by atoms with Crippen molar-refractivity contribution in [3.8, 4) is 28.1 Å². The number of hydrogen-bond acceptors (Lipinski definition) is 7. The third-order valence-electron chi connectivity index (χ3n) is 8.18. The van der Waals surface area contributed by atoms with Crippen LogP contribution in [-0.2, 0) is 17.9 Å². The molecule has 6 rings (SSSR count). The number of anilines is 1. The summed E-state index contributed by atoms with van der Waals surface area (Å²) >= 11 is 13.4. The zero-order valence-electron chi connectivity index (χ0n) is 27.8. The fourth-order valence-electron chi connectivity index (χ4n) is 5.64. The Morgan fingerprint density at radius 2 is 1.74 bits per heavy atom. The Kier molecular flexibility index (Phi) is 10.7. The predicted octanol–water partition coefficient (Wildman–Crippen LogP) is 8.67. The van der Waals surface area contributed by atoms with Crippen molar-refractivity contribution in [2.45, 2.75) is 44.8 Å². The molecule has 6 aromatic rings. The van der Waals surface area contributed by atoms with Gasteiger partial charge in [0.25, 0.3) is 0 Å². The monoisotopic (exact) mass is 726 g/mol. The molecule has 0 aliphatic rings. The fraction of sp³-hybridized carbons (Fsp3) is 0.222. The maximum atomic E-state index is 11.2. The molecule has 0 aliphatic heterocycles. The van der Waals surface area contributed by atoms with Gasteiger partial charge < -0.3 is 14.4 Å². The maximum Gasteiger partial charge on any atom is 0.409 e. The number of pyridine rings is 1. The molecule has 3 aromatic heterocycles. The number of amides is 1. The normalized spacial score (nSPS) is 12.2. The van der Waals surface area contributed by atoms with Gasteiger partial charge >= 0.3 is 6.09 Å². The minimum absolute atomic E-state index is 0.227. The highest BCUT2D eigenvalue weighted by Gasteiger charge is 2.27. The Balaban J connectivity index is 1.43. The average Bonchev–Trinajstić information content (AvgIpc) is 3.74. The highest BCUT2D eigenvalue weighted by atomic mass is 35.5. The van der Waals surface area contributed by atoms with Crippen LogP contribution >= 0.6 is 23.2 Å². The molecule has 0 saturated heterocycles. The lowest BCUT2D eigenvalue weighted by molar-refractivity contribution is 0.0857. The molecule has 0 aliphatic carbocycles. The first-order chi connectivity index (χ1) is 24.1. The van der Waals surface area contributed by atoms with Gasteiger partial charge in [-0.2, -0.15) is 4.68 Å². The average molecular weight is 728 g/mol. The first-order valence-electron chi connectivity index (χ1n) is 16.0. The number of imidazole rings is 1. The smallest absolute Gasteiger partial charge is 0.409 e. The number of nitrogens with zero attached hydrogens (tertiary/aromatic N) is 7. The maximum absolute atomic E-state index is 11.2. The van der Waals surface area contributed by atoms with Crippen LogP contribution in [0.1, 0.15) is 23.0 Å². The van der Waals surface area contributed by atoms with Gasteiger partial charge in [-0.25, -0.2) is 9.78 Å². The molecule has 1 unspecified atom stereocenters. The van der Waals surface area contributed by atoms with Crippen LogP contribution in [-0.4, -0.2) is 60.6 Å². The number of aromatic nitrogens is 7. The van der Waals surface area contributed by atoms with Gasteiger partial charge in [0.05, 0.1) is 23.0 Å². The first-order valence-corrected chi connectivity index (χ1v) is 20.5. The van der Waals surface area contributed by atoms with Gasteiger partial charge in [-0.05, 0) is 64.9 Å². The van der Waals surface area contributed by atoms with E-state index in [1.54, 1.807) is 22.9 Å². The van der Waals surface area contributed by atoms with Crippen molar-refractivity contribution in [3.63, 3.8) is 0 Å². The quantitative estimate of drug-likeness (QED) is 0.0892. The van der Waals surface area contributed by atoms with E-state index in [-0.39, 0.29) is 12.6 Å². The van der Waals surface area contributed by atoms with E-state index in [4.69, 9.17) is 37.9 Å². The summed E-state index contributed by atoms with van der Waals surface area (Å²) in [5.41, 5.74) is 6.23. The molecule has 1 atom stereocenters. The molecule has 2 N–H and O–H groups in total. The van der Waals surface area contributed by atoms with Crippen molar-refractivity contribution in [2.24, 2.45) is 0 Å². The van der Waals surface area contributed by atoms with E-state index in [2.05, 4.69) is 52.6 Å². The fourth-order valence-corrected chi connectivity index (χ4v) is 6.87. The van der Waals surface area contributed by atoms with Crippen LogP contribution in [0.4, 0.5) is 10.5 Å². The van der Waals surface area contributed by atoms with Crippen LogP contribution in [0.15, 0.2) is 97.5 Å². The SMILES string of the molecule is C[Si](C)(C)CCOCn1c(C(Cc2ccccc2)c2ccc(-c3cc(Cl)ccc3-n3cnnn3)cn2)nc(Cl)c1-c1ccc(NC(=O)O)cc1. The largest absolute Gasteiger partial charge is 0.465 e. The zero-order chi connectivity index (χ0) is 35.3. The molecule has 3 aromatic carbocycles. The molecule has 0 spiro atoms. The Morgan fingerprint density at radius 1 is 0.980 bits per heavy atom. The second kappa shape index (κ2) is 15.3. The van der Waals surface area contributed by atoms with Gasteiger partial charge in [-0.3, -0.25) is 10.3 Å². The number of ether oxygens (including phenoxy) is 1. The lowest BCUT2D eigenvalue weighted by Gasteiger charge is -2.21. The molecule has 50 heavy (non-hydrogen) atoms. The van der Waals surface area contributed by atoms with Gasteiger partial charge in [-0.15, -0.1) is 5.10 Å². The Labute approximate surface area is 300 Å². The van der Waals surface area contributed by atoms with Crippen molar-refractivity contribution >= 4 is 43.1 Å². The molecule has 0 bridgehead atoms. The zero-order valence-corrected chi connectivity index (χ0v) is 30.3. The highest BCUT2D eigenvalue weighted by molar-refractivity contribution is 6.76. The van der Waals surface area contributed by atoms with Crippen molar-refractivity contribution < 1.29 is 14.6 Å². The minimum Gasteiger partial charge on any atom is -0.465 e. The standard InChI is InChI=1S/C36H36Cl2N8O3Si/c1-50(2,3)18-17-49-23-45-33(25-9-13-28(14-10-25)41-36(47)48)34(38)42-35(45)30(19-24-7-5-4-6-8-24)31-15-11-26(21-39-31)29-20-27(37)12-16-32(29)46-22-40-43-44-46/h4-16,20-22,30,41H,17-19,23H2,1-3H3,(H,47,48). The molecule has 14 heteroatoms. The number of nitrogens with one attached hydrogen (secondary N) is 1. The number of rotatable bonds is 13. The summed E-state index contributed by atoms with van der Waals surface area (Å²) in [6.07, 6.45) is 2.82. The number of hydrogen-bond donors (Lipinski definition) is 2. The lowest BCUT2D eigenvalue weighted by Crippen LogP contribution is -2.22. The van der Waals surface area contributed by atoms with Gasteiger partial charge in [0, 0.05) is 48.3 Å². The van der Waals surface area contributed by atoms with Gasteiger partial charge in [0.2, 0.25) is 0 Å². The van der Waals surface area contributed by atoms with Gasteiger partial charge in [-0.1, -0.05) is 91.4 Å². The molecule has 256 valence electrons. The van der Waals surface area contributed by atoms with Crippen LogP contribution in [0.3, 0.4) is 0 Å². The topological polar surface area (TPSA) is 133 Å². The molecular formula is C36H36Cl2N8O3Si. The van der Waals surface area contributed by atoms with E-state index in [0.717, 1.165) is 39.7 Å². The summed E-state index contributed by atoms with van der Waals surface area (Å²) in [5.74, 6) is 0.400. The summed E-state index contributed by atoms with van der Waals surface area (Å²) in [6, 6.07) is 27.8. The van der Waals surface area contributed by atoms with E-state index in [0.29, 0.717) is 40.4 Å². The van der Waals surface area contributed by atoms with Crippen LogP contribution in [0.25, 0.3) is 28.1 Å². The van der Waals surface area contributed by atoms with Crippen LogP contribution in [0.2, 0.25) is 35.9 Å². The second-order valence-corrected chi connectivity index (χ2v) is 19.4. The minimum atomic E-state index is -1.35. The van der Waals surface area contributed by atoms with Gasteiger partial charge in [0.15, 0.2) is 5.15 Å². The summed E-state index contributed by atoms with van der Waals surface area (Å²) in [7, 11) is -1.35. The van der Waals surface area contributed by atoms with E-state index < -0.39 is 14.2 Å². The van der Waals surface area contributed by atoms with Crippen molar-refractivity contribution in [3.05, 3.63) is 125 Å². The third kappa shape index (κ3) is 8.45. The van der Waals surface area contributed by atoms with Crippen LogP contribution in [0.5, 0.6) is 0 Å². The number of carbonyl (C=O) groups is 1. The predicted molar refractivity (Wildman–Crippen MR) is 198 cm³/mol. The number of carboxylic acid groups (broad SMARTS) is 1. The lowest BCUT2D eigenvalue weighted by atomic mass is 9.94. The van der Waals surface area contributed by atoms with Crippen LogP contribution in [0, 0.1) is 0 Å². The number of tetrazole rings is 1. The van der Waals surface area contributed by atoms with Crippen molar-refractivity contribution in [1.29, 1.82) is 0 Å². The number of benzene rings is 3. The molecule has 0 radical (unpaired) electrons. The summed E-state index contributed by atoms with van der Waals surface area (Å²) in [5, 5.41) is 24.1. The summed E-state index contributed by atoms with van der Waals surface area (Å²) < 4.78 is 9.92. The molecule has 0 fully saturated rings. The van der Waals surface area contributed by atoms with E-state index in [1.165, 1.54) is 6.33 Å². The molecule has 0 saturated carbocycles. The van der Waals surface area contributed by atoms with E-state index in [9.17, 15) is 9.90 Å². The Bertz CT molecular complexity index is 2050. The van der Waals surface area contributed by atoms with Crippen LogP contribution < -0.4 is 5.32 Å². The third-order valence-corrected chi connectivity index (χ3v) is 10.4. The molecule has 3 heterocycles. The summed E-state index contributed by atoms with van der Waals surface area (Å²) in [4.78, 5) is 21.2. The Morgan fingerprint density at radius 3 is 2.40 bits per heavy atom. The summed E-state index contributed by atoms with van der Waals surface area (Å²) in [6.45, 7) is 7.77. The second-order valence-electron chi connectivity index (χ2n) is 13.0. The molecular weight excluding hydrogens is 691 g/mol. The van der Waals surface area contributed by atoms with Gasteiger partial charge in [0.1, 0.15) is 18.9 Å². The first kappa shape index (κ1) is 35.0. The van der Waals surface area contributed by atoms with E-state index in [1.807, 2.05) is 65.4 Å². The number of halogens is 2. The Hall–Kier alpha value is -4.88. The molecule has 11 nitrogen and oxygen atoms in total. The van der Waals surface area contributed by atoms with Crippen molar-refractivity contribution in [2.75, 3.05) is 11.9 Å². The van der Waals surface area contributed by atoms with Crippen molar-refractivity contribution in [1.82, 2.24) is 34.7 Å². The highest BCUT2D eigenvalue weighted by Crippen LogP contribution is 2.37. The van der Waals surface area contributed by atoms with E-state index >= 15 is 0 Å².